The molecular formula is C23H26BrN3O5S. The quantitative estimate of drug-likeness (QED) is 0.619. The number of nitrogens with zero attached hydrogens (tertiary/aromatic N) is 1. The lowest BCUT2D eigenvalue weighted by Crippen LogP contribution is -2.44. The van der Waals surface area contributed by atoms with Gasteiger partial charge in [0.2, 0.25) is 15.9 Å². The minimum atomic E-state index is -3.86. The minimum Gasteiger partial charge on any atom is -0.479 e. The number of benzene rings is 2. The summed E-state index contributed by atoms with van der Waals surface area (Å²) in [5.74, 6) is -0.624. The molecule has 1 fully saturated rings. The van der Waals surface area contributed by atoms with E-state index in [9.17, 15) is 18.0 Å². The first-order valence-corrected chi connectivity index (χ1v) is 13.0. The number of anilines is 2. The van der Waals surface area contributed by atoms with Crippen LogP contribution in [-0.2, 0) is 19.6 Å². The molecule has 0 radical (unpaired) electrons. The first-order chi connectivity index (χ1) is 15.6. The van der Waals surface area contributed by atoms with Crippen molar-refractivity contribution >= 4 is 49.1 Å². The van der Waals surface area contributed by atoms with Crippen LogP contribution < -0.4 is 15.4 Å². The van der Waals surface area contributed by atoms with Crippen molar-refractivity contribution in [1.82, 2.24) is 4.31 Å². The number of sulfonamides is 1. The first-order valence-electron chi connectivity index (χ1n) is 10.8. The highest BCUT2D eigenvalue weighted by atomic mass is 79.9. The largest absolute Gasteiger partial charge is 0.479 e. The van der Waals surface area contributed by atoms with Crippen LogP contribution in [0.25, 0.3) is 0 Å². The summed E-state index contributed by atoms with van der Waals surface area (Å²) in [7, 11) is -3.86. The maximum absolute atomic E-state index is 13.5. The van der Waals surface area contributed by atoms with Gasteiger partial charge in [-0.15, -0.1) is 0 Å². The number of piperidine rings is 1. The topological polar surface area (TPSA) is 105 Å². The Morgan fingerprint density at radius 3 is 2.73 bits per heavy atom. The van der Waals surface area contributed by atoms with Gasteiger partial charge in [0.15, 0.2) is 6.10 Å². The number of amides is 2. The van der Waals surface area contributed by atoms with Gasteiger partial charge < -0.3 is 15.4 Å². The highest BCUT2D eigenvalue weighted by molar-refractivity contribution is 9.10. The number of carbonyl (C=O) groups is 2. The van der Waals surface area contributed by atoms with E-state index in [2.05, 4.69) is 26.6 Å². The summed E-state index contributed by atoms with van der Waals surface area (Å²) < 4.78 is 34.8. The van der Waals surface area contributed by atoms with Crippen molar-refractivity contribution < 1.29 is 22.7 Å². The molecular weight excluding hydrogens is 510 g/mol. The predicted molar refractivity (Wildman–Crippen MR) is 129 cm³/mol. The molecule has 2 N–H and O–H groups in total. The lowest BCUT2D eigenvalue weighted by atomic mass is 9.98. The van der Waals surface area contributed by atoms with E-state index in [1.54, 1.807) is 19.9 Å². The molecule has 176 valence electrons. The van der Waals surface area contributed by atoms with E-state index in [4.69, 9.17) is 4.74 Å². The number of carbonyl (C=O) groups excluding carboxylic acids is 2. The summed E-state index contributed by atoms with van der Waals surface area (Å²) in [6.45, 7) is 5.68. The fraction of sp³-hybridized carbons (Fsp3) is 0.391. The average molecular weight is 536 g/mol. The van der Waals surface area contributed by atoms with Crippen LogP contribution in [0.4, 0.5) is 11.4 Å². The number of halogens is 1. The molecule has 0 aromatic heterocycles. The van der Waals surface area contributed by atoms with Crippen LogP contribution in [0.5, 0.6) is 5.75 Å². The monoisotopic (exact) mass is 535 g/mol. The Balaban J connectivity index is 1.54. The number of aryl methyl sites for hydroxylation is 2. The highest BCUT2D eigenvalue weighted by Crippen LogP contribution is 2.36. The molecule has 2 unspecified atom stereocenters. The molecule has 0 spiro atoms. The SMILES string of the molecule is Cc1ccc(NC(=O)C2CCCN(S(=O)(=O)c3cc4c(cc3C)NC(=O)C(C)O4)C2)c(Br)c1. The highest BCUT2D eigenvalue weighted by Gasteiger charge is 2.35. The Hall–Kier alpha value is -2.43. The van der Waals surface area contributed by atoms with Gasteiger partial charge in [-0.25, -0.2) is 8.42 Å². The molecule has 0 aliphatic carbocycles. The lowest BCUT2D eigenvalue weighted by molar-refractivity contribution is -0.123. The average Bonchev–Trinajstić information content (AvgIpc) is 2.76. The number of nitrogens with one attached hydrogen (secondary N) is 2. The zero-order valence-electron chi connectivity index (χ0n) is 18.6. The first kappa shape index (κ1) is 23.7. The van der Waals surface area contributed by atoms with Crippen molar-refractivity contribution in [2.45, 2.75) is 44.6 Å². The Labute approximate surface area is 201 Å². The second-order valence-corrected chi connectivity index (χ2v) is 11.3. The van der Waals surface area contributed by atoms with E-state index in [0.717, 1.165) is 10.0 Å². The number of rotatable bonds is 4. The maximum atomic E-state index is 13.5. The van der Waals surface area contributed by atoms with Gasteiger partial charge in [0.05, 0.1) is 22.2 Å². The second kappa shape index (κ2) is 9.08. The standard InChI is InChI=1S/C23H26BrN3O5S/c1-13-6-7-18(17(24)9-13)25-23(29)16-5-4-8-27(12-16)33(30,31)21-11-20-19(10-14(21)2)26-22(28)15(3)32-20/h6-7,9-11,15-16H,4-5,8,12H2,1-3H3,(H,25,29)(H,26,28). The van der Waals surface area contributed by atoms with E-state index in [-0.39, 0.29) is 23.3 Å². The number of ether oxygens (including phenoxy) is 1. The smallest absolute Gasteiger partial charge is 0.265 e. The van der Waals surface area contributed by atoms with Crippen molar-refractivity contribution in [2.75, 3.05) is 23.7 Å². The molecule has 1 saturated heterocycles. The van der Waals surface area contributed by atoms with Crippen molar-refractivity contribution in [1.29, 1.82) is 0 Å². The third-order valence-corrected chi connectivity index (χ3v) is 8.63. The van der Waals surface area contributed by atoms with Gasteiger partial charge in [-0.05, 0) is 78.9 Å². The van der Waals surface area contributed by atoms with Gasteiger partial charge in [0.1, 0.15) is 5.75 Å². The molecule has 8 nitrogen and oxygen atoms in total. The van der Waals surface area contributed by atoms with Crippen LogP contribution in [0.2, 0.25) is 0 Å². The molecule has 2 heterocycles. The molecule has 2 aliphatic heterocycles. The molecule has 4 rings (SSSR count). The Kier molecular flexibility index (Phi) is 6.52. The molecule has 33 heavy (non-hydrogen) atoms. The normalized spacial score (nSPS) is 21.0. The molecule has 0 saturated carbocycles. The molecule has 10 heteroatoms. The van der Waals surface area contributed by atoms with E-state index < -0.39 is 22.0 Å². The van der Waals surface area contributed by atoms with Crippen molar-refractivity contribution in [2.24, 2.45) is 5.92 Å². The third-order valence-electron chi connectivity index (χ3n) is 5.96. The van der Waals surface area contributed by atoms with Gasteiger partial charge >= 0.3 is 0 Å². The predicted octanol–water partition coefficient (Wildman–Crippen LogP) is 3.82. The maximum Gasteiger partial charge on any atom is 0.265 e. The summed E-state index contributed by atoms with van der Waals surface area (Å²) >= 11 is 3.46. The van der Waals surface area contributed by atoms with E-state index in [0.29, 0.717) is 42.1 Å². The van der Waals surface area contributed by atoms with Crippen molar-refractivity contribution in [3.63, 3.8) is 0 Å². The zero-order valence-corrected chi connectivity index (χ0v) is 21.0. The van der Waals surface area contributed by atoms with Gasteiger partial charge in [0, 0.05) is 23.6 Å². The summed E-state index contributed by atoms with van der Waals surface area (Å²) in [5, 5.41) is 5.65. The van der Waals surface area contributed by atoms with Gasteiger partial charge in [-0.2, -0.15) is 4.31 Å². The second-order valence-electron chi connectivity index (χ2n) is 8.54. The summed E-state index contributed by atoms with van der Waals surface area (Å²) in [6.07, 6.45) is 0.483. The molecule has 2 amide bonds. The molecule has 0 bridgehead atoms. The minimum absolute atomic E-state index is 0.0994. The zero-order chi connectivity index (χ0) is 23.9. The number of fused-ring (bicyclic) bond motifs is 1. The third kappa shape index (κ3) is 4.78. The fourth-order valence-corrected chi connectivity index (χ4v) is 6.43. The molecule has 2 aromatic rings. The van der Waals surface area contributed by atoms with E-state index in [1.807, 2.05) is 25.1 Å². The summed E-state index contributed by atoms with van der Waals surface area (Å²) in [5.41, 5.74) is 2.68. The fourth-order valence-electron chi connectivity index (χ4n) is 4.09. The Bertz CT molecular complexity index is 1230. The van der Waals surface area contributed by atoms with Crippen LogP contribution in [0.15, 0.2) is 39.7 Å². The molecule has 2 aliphatic rings. The van der Waals surface area contributed by atoms with Gasteiger partial charge in [-0.1, -0.05) is 6.07 Å². The lowest BCUT2D eigenvalue weighted by Gasteiger charge is -2.32. The van der Waals surface area contributed by atoms with Crippen molar-refractivity contribution in [3.8, 4) is 5.75 Å². The van der Waals surface area contributed by atoms with Crippen LogP contribution in [0.3, 0.4) is 0 Å². The van der Waals surface area contributed by atoms with Crippen LogP contribution in [0.1, 0.15) is 30.9 Å². The van der Waals surface area contributed by atoms with Crippen LogP contribution >= 0.6 is 15.9 Å². The van der Waals surface area contributed by atoms with E-state index >= 15 is 0 Å². The van der Waals surface area contributed by atoms with Gasteiger partial charge in [-0.3, -0.25) is 9.59 Å². The van der Waals surface area contributed by atoms with Crippen LogP contribution in [0, 0.1) is 19.8 Å². The Morgan fingerprint density at radius 2 is 2.00 bits per heavy atom. The Morgan fingerprint density at radius 1 is 1.24 bits per heavy atom. The number of hydrogen-bond donors (Lipinski definition) is 2. The van der Waals surface area contributed by atoms with Crippen molar-refractivity contribution in [3.05, 3.63) is 45.9 Å². The van der Waals surface area contributed by atoms with Crippen LogP contribution in [-0.4, -0.2) is 43.7 Å². The van der Waals surface area contributed by atoms with E-state index in [1.165, 1.54) is 10.4 Å². The molecule has 2 atom stereocenters. The van der Waals surface area contributed by atoms with Gasteiger partial charge in [0.25, 0.3) is 5.91 Å². The summed E-state index contributed by atoms with van der Waals surface area (Å²) in [4.78, 5) is 24.9. The molecule has 2 aromatic carbocycles. The summed E-state index contributed by atoms with van der Waals surface area (Å²) in [6, 6.07) is 8.71. The number of hydrogen-bond acceptors (Lipinski definition) is 5.